The predicted octanol–water partition coefficient (Wildman–Crippen LogP) is 3.89. The third kappa shape index (κ3) is 4.63. The summed E-state index contributed by atoms with van der Waals surface area (Å²) < 4.78 is 14.3. The van der Waals surface area contributed by atoms with Gasteiger partial charge in [-0.15, -0.1) is 0 Å². The summed E-state index contributed by atoms with van der Waals surface area (Å²) in [7, 11) is 0. The lowest BCUT2D eigenvalue weighted by Gasteiger charge is -2.20. The van der Waals surface area contributed by atoms with Crippen molar-refractivity contribution < 1.29 is 14.0 Å². The van der Waals surface area contributed by atoms with Crippen molar-refractivity contribution in [1.29, 1.82) is 0 Å². The lowest BCUT2D eigenvalue weighted by Crippen LogP contribution is -2.36. The molecule has 4 nitrogen and oxygen atoms in total. The molecule has 2 aromatic rings. The van der Waals surface area contributed by atoms with Crippen LogP contribution in [0.4, 0.5) is 15.8 Å². The van der Waals surface area contributed by atoms with Gasteiger partial charge in [0.2, 0.25) is 11.8 Å². The number of amides is 2. The molecule has 2 rings (SSSR count). The molecule has 120 valence electrons. The molecule has 0 aliphatic carbocycles. The first kappa shape index (κ1) is 17.1. The fourth-order valence-electron chi connectivity index (χ4n) is 2.10. The van der Waals surface area contributed by atoms with E-state index in [2.05, 4.69) is 21.2 Å². The van der Waals surface area contributed by atoms with Gasteiger partial charge in [0, 0.05) is 22.8 Å². The van der Waals surface area contributed by atoms with Crippen molar-refractivity contribution in [3.63, 3.8) is 0 Å². The normalized spacial score (nSPS) is 10.3. The number of carbonyl (C=O) groups excluding carboxylic acids is 2. The Morgan fingerprint density at radius 2 is 1.96 bits per heavy atom. The second-order valence-corrected chi connectivity index (χ2v) is 5.95. The van der Waals surface area contributed by atoms with Gasteiger partial charge in [0.25, 0.3) is 0 Å². The summed E-state index contributed by atoms with van der Waals surface area (Å²) in [6.45, 7) is 3.06. The molecule has 0 atom stereocenters. The van der Waals surface area contributed by atoms with E-state index in [0.29, 0.717) is 11.4 Å². The summed E-state index contributed by atoms with van der Waals surface area (Å²) in [6, 6.07) is 11.0. The fraction of sp³-hybridized carbons (Fsp3) is 0.176. The topological polar surface area (TPSA) is 49.4 Å². The summed E-state index contributed by atoms with van der Waals surface area (Å²) in [5.74, 6) is -1.15. The maximum Gasteiger partial charge on any atom is 0.244 e. The van der Waals surface area contributed by atoms with Gasteiger partial charge in [-0.05, 0) is 48.9 Å². The first-order chi connectivity index (χ1) is 10.9. The number of hydrogen-bond acceptors (Lipinski definition) is 2. The highest BCUT2D eigenvalue weighted by Crippen LogP contribution is 2.20. The number of rotatable bonds is 4. The summed E-state index contributed by atoms with van der Waals surface area (Å²) in [6.07, 6.45) is 0. The van der Waals surface area contributed by atoms with E-state index in [4.69, 9.17) is 0 Å². The predicted molar refractivity (Wildman–Crippen MR) is 91.9 cm³/mol. The van der Waals surface area contributed by atoms with E-state index in [1.165, 1.54) is 30.0 Å². The van der Waals surface area contributed by atoms with Gasteiger partial charge in [-0.1, -0.05) is 22.0 Å². The second-order valence-electron chi connectivity index (χ2n) is 5.10. The van der Waals surface area contributed by atoms with Crippen LogP contribution in [0.2, 0.25) is 0 Å². The molecule has 0 fully saturated rings. The number of nitrogens with zero attached hydrogens (tertiary/aromatic N) is 1. The third-order valence-corrected chi connectivity index (χ3v) is 4.13. The number of hydrogen-bond donors (Lipinski definition) is 1. The van der Waals surface area contributed by atoms with Crippen molar-refractivity contribution >= 4 is 39.1 Å². The second kappa shape index (κ2) is 7.37. The molecule has 0 spiro atoms. The molecule has 0 aliphatic rings. The zero-order chi connectivity index (χ0) is 17.0. The molecule has 23 heavy (non-hydrogen) atoms. The number of benzene rings is 2. The summed E-state index contributed by atoms with van der Waals surface area (Å²) in [4.78, 5) is 25.2. The molecule has 0 radical (unpaired) electrons. The fourth-order valence-corrected chi connectivity index (χ4v) is 2.34. The first-order valence-corrected chi connectivity index (χ1v) is 7.76. The van der Waals surface area contributed by atoms with Crippen LogP contribution in [0.25, 0.3) is 0 Å². The Balaban J connectivity index is 2.12. The van der Waals surface area contributed by atoms with E-state index in [9.17, 15) is 14.0 Å². The molecule has 1 N–H and O–H groups in total. The smallest absolute Gasteiger partial charge is 0.244 e. The molecule has 2 amide bonds. The Bertz CT molecular complexity index is 749. The number of carbonyl (C=O) groups is 2. The highest BCUT2D eigenvalue weighted by molar-refractivity contribution is 9.10. The van der Waals surface area contributed by atoms with Gasteiger partial charge in [-0.2, -0.15) is 0 Å². The lowest BCUT2D eigenvalue weighted by atomic mass is 10.2. The van der Waals surface area contributed by atoms with Crippen LogP contribution in [0.1, 0.15) is 12.5 Å². The molecular weight excluding hydrogens is 363 g/mol. The molecule has 6 heteroatoms. The van der Waals surface area contributed by atoms with Crippen LogP contribution < -0.4 is 10.2 Å². The monoisotopic (exact) mass is 378 g/mol. The van der Waals surface area contributed by atoms with Crippen LogP contribution in [0, 0.1) is 12.7 Å². The zero-order valence-corrected chi connectivity index (χ0v) is 14.4. The third-order valence-electron chi connectivity index (χ3n) is 3.24. The van der Waals surface area contributed by atoms with Crippen LogP contribution in [0.3, 0.4) is 0 Å². The van der Waals surface area contributed by atoms with Crippen LogP contribution >= 0.6 is 15.9 Å². The van der Waals surface area contributed by atoms with Crippen LogP contribution in [0.5, 0.6) is 0 Å². The summed E-state index contributed by atoms with van der Waals surface area (Å²) in [5, 5.41) is 2.73. The van der Waals surface area contributed by atoms with Gasteiger partial charge in [0.05, 0.1) is 0 Å². The maximum absolute atomic E-state index is 13.3. The van der Waals surface area contributed by atoms with Crippen molar-refractivity contribution in [2.24, 2.45) is 0 Å². The minimum Gasteiger partial charge on any atom is -0.325 e. The average Bonchev–Trinajstić information content (AvgIpc) is 2.48. The van der Waals surface area contributed by atoms with Crippen molar-refractivity contribution in [1.82, 2.24) is 0 Å². The molecule has 2 aromatic carbocycles. The number of aryl methyl sites for hydroxylation is 1. The summed E-state index contributed by atoms with van der Waals surface area (Å²) >= 11 is 3.39. The van der Waals surface area contributed by atoms with Crippen molar-refractivity contribution in [3.05, 3.63) is 58.3 Å². The van der Waals surface area contributed by atoms with Gasteiger partial charge in [0.15, 0.2) is 0 Å². The highest BCUT2D eigenvalue weighted by Gasteiger charge is 2.16. The van der Waals surface area contributed by atoms with Crippen molar-refractivity contribution in [2.75, 3.05) is 16.8 Å². The van der Waals surface area contributed by atoms with Gasteiger partial charge >= 0.3 is 0 Å². The van der Waals surface area contributed by atoms with E-state index in [1.807, 2.05) is 19.1 Å². The largest absolute Gasteiger partial charge is 0.325 e. The number of halogens is 2. The Hall–Kier alpha value is -2.21. The van der Waals surface area contributed by atoms with Crippen LogP contribution in [-0.4, -0.2) is 18.4 Å². The first-order valence-electron chi connectivity index (χ1n) is 6.96. The molecule has 0 bridgehead atoms. The quantitative estimate of drug-likeness (QED) is 0.877. The minimum atomic E-state index is -0.460. The van der Waals surface area contributed by atoms with E-state index in [0.717, 1.165) is 10.0 Å². The highest BCUT2D eigenvalue weighted by atomic mass is 79.9. The Kier molecular flexibility index (Phi) is 5.50. The minimum absolute atomic E-state index is 0.187. The van der Waals surface area contributed by atoms with E-state index >= 15 is 0 Å². The Labute approximate surface area is 142 Å². The molecule has 0 saturated heterocycles. The number of nitrogens with one attached hydrogen (secondary N) is 1. The van der Waals surface area contributed by atoms with Crippen LogP contribution in [-0.2, 0) is 9.59 Å². The van der Waals surface area contributed by atoms with Gasteiger partial charge in [-0.3, -0.25) is 9.59 Å². The molecule has 0 aromatic heterocycles. The standard InChI is InChI=1S/C17H16BrFN2O2/c1-11-8-14(6-7-16(11)18)20-17(23)10-21(12(2)22)15-5-3-4-13(19)9-15/h3-9H,10H2,1-2H3,(H,20,23). The molecular formula is C17H16BrFN2O2. The summed E-state index contributed by atoms with van der Waals surface area (Å²) in [5.41, 5.74) is 1.97. The van der Waals surface area contributed by atoms with E-state index in [-0.39, 0.29) is 18.4 Å². The lowest BCUT2D eigenvalue weighted by molar-refractivity contribution is -0.120. The Morgan fingerprint density at radius 1 is 1.22 bits per heavy atom. The zero-order valence-electron chi connectivity index (χ0n) is 12.8. The SMILES string of the molecule is CC(=O)N(CC(=O)Nc1ccc(Br)c(C)c1)c1cccc(F)c1. The van der Waals surface area contributed by atoms with Gasteiger partial charge < -0.3 is 10.2 Å². The molecule has 0 aliphatic heterocycles. The Morgan fingerprint density at radius 3 is 2.57 bits per heavy atom. The van der Waals surface area contributed by atoms with Crippen molar-refractivity contribution in [2.45, 2.75) is 13.8 Å². The van der Waals surface area contributed by atoms with Gasteiger partial charge in [0.1, 0.15) is 12.4 Å². The molecule has 0 heterocycles. The van der Waals surface area contributed by atoms with E-state index < -0.39 is 5.82 Å². The van der Waals surface area contributed by atoms with Crippen LogP contribution in [0.15, 0.2) is 46.9 Å². The molecule has 0 unspecified atom stereocenters. The number of anilines is 2. The van der Waals surface area contributed by atoms with Crippen molar-refractivity contribution in [3.8, 4) is 0 Å². The molecule has 0 saturated carbocycles. The average molecular weight is 379 g/mol. The maximum atomic E-state index is 13.3. The van der Waals surface area contributed by atoms with E-state index in [1.54, 1.807) is 12.1 Å². The van der Waals surface area contributed by atoms with Gasteiger partial charge in [-0.25, -0.2) is 4.39 Å².